The number of likely N-dealkylation sites (N-methyl/N-ethyl adjacent to an activating group) is 1. The second kappa shape index (κ2) is 9.46. The van der Waals surface area contributed by atoms with Crippen molar-refractivity contribution in [3.05, 3.63) is 48.0 Å². The Labute approximate surface area is 167 Å². The van der Waals surface area contributed by atoms with Crippen LogP contribution in [0.1, 0.15) is 12.0 Å². The van der Waals surface area contributed by atoms with E-state index < -0.39 is 0 Å². The summed E-state index contributed by atoms with van der Waals surface area (Å²) >= 11 is 0. The van der Waals surface area contributed by atoms with Crippen LogP contribution in [0.5, 0.6) is 5.75 Å². The highest BCUT2D eigenvalue weighted by Crippen LogP contribution is 2.25. The number of aryl methyl sites for hydroxylation is 1. The second-order valence-corrected chi connectivity index (χ2v) is 7.27. The van der Waals surface area contributed by atoms with Crippen LogP contribution >= 0.6 is 0 Å². The van der Waals surface area contributed by atoms with Gasteiger partial charge >= 0.3 is 0 Å². The molecule has 0 atom stereocenters. The number of piperazine rings is 1. The molecule has 6 nitrogen and oxygen atoms in total. The second-order valence-electron chi connectivity index (χ2n) is 7.27. The summed E-state index contributed by atoms with van der Waals surface area (Å²) in [5.74, 6) is 0.636. The van der Waals surface area contributed by atoms with Crippen LogP contribution in [-0.2, 0) is 4.79 Å². The molecule has 6 heteroatoms. The van der Waals surface area contributed by atoms with Crippen molar-refractivity contribution in [1.82, 2.24) is 4.90 Å². The quantitative estimate of drug-likeness (QED) is 0.770. The van der Waals surface area contributed by atoms with Gasteiger partial charge in [0.15, 0.2) is 0 Å². The van der Waals surface area contributed by atoms with Crippen LogP contribution in [-0.4, -0.2) is 57.7 Å². The number of carbonyl (C=O) groups is 1. The fourth-order valence-electron chi connectivity index (χ4n) is 3.31. The van der Waals surface area contributed by atoms with Gasteiger partial charge in [0.1, 0.15) is 5.75 Å². The molecule has 1 amide bonds. The zero-order chi connectivity index (χ0) is 19.9. The van der Waals surface area contributed by atoms with Crippen molar-refractivity contribution in [2.75, 3.05) is 62.4 Å². The Morgan fingerprint density at radius 1 is 1.07 bits per heavy atom. The molecular formula is C22H30N4O2. The van der Waals surface area contributed by atoms with Crippen molar-refractivity contribution in [2.45, 2.75) is 13.3 Å². The number of ether oxygens (including phenoxy) is 1. The van der Waals surface area contributed by atoms with E-state index in [2.05, 4.69) is 51.7 Å². The minimum atomic E-state index is -0.0366. The lowest BCUT2D eigenvalue weighted by Crippen LogP contribution is -2.44. The Bertz CT molecular complexity index is 784. The molecule has 0 radical (unpaired) electrons. The molecule has 2 aromatic carbocycles. The number of hydrogen-bond acceptors (Lipinski definition) is 5. The molecule has 150 valence electrons. The number of anilines is 3. The minimum absolute atomic E-state index is 0.0366. The largest absolute Gasteiger partial charge is 0.495 e. The SMILES string of the molecule is COc1ccc(C)cc1NC(=O)CCNc1ccc(N2CCN(C)CC2)cc1. The van der Waals surface area contributed by atoms with Gasteiger partial charge in [-0.3, -0.25) is 4.79 Å². The molecule has 1 aliphatic rings. The minimum Gasteiger partial charge on any atom is -0.495 e. The molecule has 0 saturated carbocycles. The number of hydrogen-bond donors (Lipinski definition) is 2. The third-order valence-corrected chi connectivity index (χ3v) is 5.05. The summed E-state index contributed by atoms with van der Waals surface area (Å²) < 4.78 is 5.31. The van der Waals surface area contributed by atoms with E-state index in [0.29, 0.717) is 24.4 Å². The molecule has 0 aromatic heterocycles. The van der Waals surface area contributed by atoms with Crippen molar-refractivity contribution in [3.8, 4) is 5.75 Å². The Morgan fingerprint density at radius 2 is 1.79 bits per heavy atom. The molecular weight excluding hydrogens is 352 g/mol. The molecule has 0 unspecified atom stereocenters. The van der Waals surface area contributed by atoms with Gasteiger partial charge in [-0.15, -0.1) is 0 Å². The molecule has 1 saturated heterocycles. The van der Waals surface area contributed by atoms with Crippen LogP contribution in [0.4, 0.5) is 17.1 Å². The summed E-state index contributed by atoms with van der Waals surface area (Å²) in [6.45, 7) is 6.88. The zero-order valence-corrected chi connectivity index (χ0v) is 17.0. The maximum Gasteiger partial charge on any atom is 0.226 e. The summed E-state index contributed by atoms with van der Waals surface area (Å²) in [7, 11) is 3.77. The van der Waals surface area contributed by atoms with Crippen molar-refractivity contribution in [1.29, 1.82) is 0 Å². The summed E-state index contributed by atoms with van der Waals surface area (Å²) in [5, 5.41) is 6.25. The van der Waals surface area contributed by atoms with Gasteiger partial charge < -0.3 is 25.2 Å². The number of benzene rings is 2. The van der Waals surface area contributed by atoms with E-state index in [1.54, 1.807) is 7.11 Å². The Kier molecular flexibility index (Phi) is 6.76. The van der Waals surface area contributed by atoms with Crippen LogP contribution < -0.4 is 20.3 Å². The third kappa shape index (κ3) is 5.39. The van der Waals surface area contributed by atoms with E-state index in [0.717, 1.165) is 37.4 Å². The average Bonchev–Trinajstić information content (AvgIpc) is 2.69. The fraction of sp³-hybridized carbons (Fsp3) is 0.409. The van der Waals surface area contributed by atoms with Crippen molar-refractivity contribution >= 4 is 23.0 Å². The van der Waals surface area contributed by atoms with Gasteiger partial charge in [-0.25, -0.2) is 0 Å². The van der Waals surface area contributed by atoms with E-state index in [1.807, 2.05) is 25.1 Å². The number of nitrogens with one attached hydrogen (secondary N) is 2. The zero-order valence-electron chi connectivity index (χ0n) is 17.0. The average molecular weight is 383 g/mol. The number of methoxy groups -OCH3 is 1. The van der Waals surface area contributed by atoms with E-state index in [4.69, 9.17) is 4.74 Å². The van der Waals surface area contributed by atoms with Crippen LogP contribution in [0.2, 0.25) is 0 Å². The van der Waals surface area contributed by atoms with Crippen LogP contribution in [0, 0.1) is 6.92 Å². The van der Waals surface area contributed by atoms with E-state index in [9.17, 15) is 4.79 Å². The lowest BCUT2D eigenvalue weighted by atomic mass is 10.2. The molecule has 28 heavy (non-hydrogen) atoms. The maximum absolute atomic E-state index is 12.3. The normalized spacial score (nSPS) is 14.6. The van der Waals surface area contributed by atoms with Crippen LogP contribution in [0.3, 0.4) is 0 Å². The van der Waals surface area contributed by atoms with Crippen LogP contribution in [0.15, 0.2) is 42.5 Å². The standard InChI is InChI=1S/C22H30N4O2/c1-17-4-9-21(28-3)20(16-17)24-22(27)10-11-23-18-5-7-19(8-6-18)26-14-12-25(2)13-15-26/h4-9,16,23H,10-15H2,1-3H3,(H,24,27). The lowest BCUT2D eigenvalue weighted by Gasteiger charge is -2.34. The first-order chi connectivity index (χ1) is 13.5. The first kappa shape index (κ1) is 20.0. The summed E-state index contributed by atoms with van der Waals surface area (Å²) in [4.78, 5) is 17.0. The number of nitrogens with zero attached hydrogens (tertiary/aromatic N) is 2. The van der Waals surface area contributed by atoms with Crippen molar-refractivity contribution in [3.63, 3.8) is 0 Å². The van der Waals surface area contributed by atoms with Crippen molar-refractivity contribution in [2.24, 2.45) is 0 Å². The van der Waals surface area contributed by atoms with Gasteiger partial charge in [-0.1, -0.05) is 6.07 Å². The highest BCUT2D eigenvalue weighted by molar-refractivity contribution is 5.92. The smallest absolute Gasteiger partial charge is 0.226 e. The number of amides is 1. The highest BCUT2D eigenvalue weighted by Gasteiger charge is 2.14. The van der Waals surface area contributed by atoms with Gasteiger partial charge in [0, 0.05) is 50.5 Å². The van der Waals surface area contributed by atoms with Gasteiger partial charge in [-0.05, 0) is 55.9 Å². The molecule has 1 aliphatic heterocycles. The molecule has 0 bridgehead atoms. The lowest BCUT2D eigenvalue weighted by molar-refractivity contribution is -0.116. The number of carbonyl (C=O) groups excluding carboxylic acids is 1. The first-order valence-corrected chi connectivity index (χ1v) is 9.77. The summed E-state index contributed by atoms with van der Waals surface area (Å²) in [5.41, 5.74) is 4.07. The van der Waals surface area contributed by atoms with Crippen LogP contribution in [0.25, 0.3) is 0 Å². The molecule has 2 N–H and O–H groups in total. The molecule has 0 aliphatic carbocycles. The topological polar surface area (TPSA) is 56.8 Å². The molecule has 1 fully saturated rings. The summed E-state index contributed by atoms with van der Waals surface area (Å²) in [6, 6.07) is 14.2. The van der Waals surface area contributed by atoms with E-state index in [1.165, 1.54) is 5.69 Å². The maximum atomic E-state index is 12.3. The first-order valence-electron chi connectivity index (χ1n) is 9.77. The third-order valence-electron chi connectivity index (χ3n) is 5.05. The van der Waals surface area contributed by atoms with Gasteiger partial charge in [0.2, 0.25) is 5.91 Å². The molecule has 1 heterocycles. The van der Waals surface area contributed by atoms with Gasteiger partial charge in [0.05, 0.1) is 12.8 Å². The molecule has 2 aromatic rings. The highest BCUT2D eigenvalue weighted by atomic mass is 16.5. The predicted molar refractivity (Wildman–Crippen MR) is 116 cm³/mol. The van der Waals surface area contributed by atoms with Crippen molar-refractivity contribution < 1.29 is 9.53 Å². The summed E-state index contributed by atoms with van der Waals surface area (Å²) in [6.07, 6.45) is 0.386. The van der Waals surface area contributed by atoms with Gasteiger partial charge in [0.25, 0.3) is 0 Å². The fourth-order valence-corrected chi connectivity index (χ4v) is 3.31. The number of rotatable bonds is 7. The molecule has 3 rings (SSSR count). The Balaban J connectivity index is 1.46. The van der Waals surface area contributed by atoms with Gasteiger partial charge in [-0.2, -0.15) is 0 Å². The Hall–Kier alpha value is -2.73. The Morgan fingerprint density at radius 3 is 2.46 bits per heavy atom. The molecule has 0 spiro atoms. The van der Waals surface area contributed by atoms with E-state index >= 15 is 0 Å². The predicted octanol–water partition coefficient (Wildman–Crippen LogP) is 3.20. The van der Waals surface area contributed by atoms with E-state index in [-0.39, 0.29) is 5.91 Å². The monoisotopic (exact) mass is 382 g/mol.